The van der Waals surface area contributed by atoms with E-state index in [9.17, 15) is 4.79 Å². The fourth-order valence-electron chi connectivity index (χ4n) is 3.86. The molecule has 0 aromatic heterocycles. The Balaban J connectivity index is 1.61. The maximum Gasteiger partial charge on any atom is 0.305 e. The van der Waals surface area contributed by atoms with E-state index >= 15 is 0 Å². The van der Waals surface area contributed by atoms with Crippen LogP contribution in [0.4, 0.5) is 0 Å². The van der Waals surface area contributed by atoms with Gasteiger partial charge in [-0.25, -0.2) is 0 Å². The van der Waals surface area contributed by atoms with Crippen LogP contribution < -0.4 is 5.32 Å². The highest BCUT2D eigenvalue weighted by Gasteiger charge is 2.48. The van der Waals surface area contributed by atoms with Gasteiger partial charge in [0.1, 0.15) is 5.60 Å². The standard InChI is InChI=1S/C20H27Cl2NO3/c1-2-3-10-25-18(24)7-5-4-6-15-16(8-9-17(21)19(15)22)20-11-14(12-26-20)23-13-20/h8-9,14,23H,2-7,10-13H2,1H3. The third-order valence-electron chi connectivity index (χ3n) is 5.32. The molecule has 144 valence electrons. The smallest absolute Gasteiger partial charge is 0.305 e. The van der Waals surface area contributed by atoms with Crippen molar-refractivity contribution in [3.8, 4) is 0 Å². The van der Waals surface area contributed by atoms with Gasteiger partial charge in [-0.15, -0.1) is 0 Å². The number of carbonyl (C=O) groups excluding carboxylic acids is 1. The van der Waals surface area contributed by atoms with E-state index in [0.717, 1.165) is 62.8 Å². The molecule has 1 N–H and O–H groups in total. The van der Waals surface area contributed by atoms with Crippen molar-refractivity contribution in [2.24, 2.45) is 0 Å². The van der Waals surface area contributed by atoms with Gasteiger partial charge >= 0.3 is 5.97 Å². The number of halogens is 2. The van der Waals surface area contributed by atoms with Gasteiger partial charge in [0, 0.05) is 19.0 Å². The van der Waals surface area contributed by atoms with Gasteiger partial charge in [-0.3, -0.25) is 4.79 Å². The SMILES string of the molecule is CCCCOC(=O)CCCCc1c(C23CNC(CO2)C3)ccc(Cl)c1Cl. The number of unbranched alkanes of at least 4 members (excludes halogenated alkanes) is 2. The highest BCUT2D eigenvalue weighted by Crippen LogP contribution is 2.44. The monoisotopic (exact) mass is 399 g/mol. The first kappa shape index (κ1) is 19.9. The molecule has 2 bridgehead atoms. The second-order valence-electron chi connectivity index (χ2n) is 7.26. The summed E-state index contributed by atoms with van der Waals surface area (Å²) in [5, 5.41) is 4.69. The molecule has 26 heavy (non-hydrogen) atoms. The Labute approximate surface area is 165 Å². The van der Waals surface area contributed by atoms with Crippen LogP contribution in [0.25, 0.3) is 0 Å². The summed E-state index contributed by atoms with van der Waals surface area (Å²) in [6.07, 6.45) is 5.80. The lowest BCUT2D eigenvalue weighted by Crippen LogP contribution is -2.38. The number of esters is 1. The van der Waals surface area contributed by atoms with Gasteiger partial charge in [-0.1, -0.05) is 42.6 Å². The van der Waals surface area contributed by atoms with E-state index < -0.39 is 0 Å². The number of ether oxygens (including phenoxy) is 2. The van der Waals surface area contributed by atoms with E-state index in [4.69, 9.17) is 32.7 Å². The van der Waals surface area contributed by atoms with Crippen LogP contribution in [0.15, 0.2) is 12.1 Å². The molecule has 2 aliphatic heterocycles. The zero-order valence-electron chi connectivity index (χ0n) is 15.3. The summed E-state index contributed by atoms with van der Waals surface area (Å²) in [5.74, 6) is -0.114. The second kappa shape index (κ2) is 8.92. The van der Waals surface area contributed by atoms with E-state index in [1.807, 2.05) is 6.07 Å². The lowest BCUT2D eigenvalue weighted by Gasteiger charge is -2.30. The quantitative estimate of drug-likeness (QED) is 0.485. The highest BCUT2D eigenvalue weighted by molar-refractivity contribution is 6.42. The van der Waals surface area contributed by atoms with Gasteiger partial charge in [0.05, 0.1) is 23.3 Å². The summed E-state index contributed by atoms with van der Waals surface area (Å²) in [6, 6.07) is 4.34. The van der Waals surface area contributed by atoms with Crippen molar-refractivity contribution in [2.45, 2.75) is 63.5 Å². The average Bonchev–Trinajstić information content (AvgIpc) is 3.24. The van der Waals surface area contributed by atoms with E-state index in [0.29, 0.717) is 29.1 Å². The number of hydrogen-bond acceptors (Lipinski definition) is 4. The topological polar surface area (TPSA) is 47.6 Å². The number of benzene rings is 1. The maximum atomic E-state index is 11.7. The van der Waals surface area contributed by atoms with Crippen LogP contribution in [-0.2, 0) is 26.3 Å². The van der Waals surface area contributed by atoms with Gasteiger partial charge in [-0.2, -0.15) is 0 Å². The number of rotatable bonds is 9. The Morgan fingerprint density at radius 1 is 1.35 bits per heavy atom. The molecule has 2 aliphatic rings. The maximum absolute atomic E-state index is 11.7. The minimum absolute atomic E-state index is 0.114. The first-order chi connectivity index (χ1) is 12.6. The molecule has 0 aliphatic carbocycles. The molecular weight excluding hydrogens is 373 g/mol. The lowest BCUT2D eigenvalue weighted by atomic mass is 9.87. The number of hydrogen-bond donors (Lipinski definition) is 1. The van der Waals surface area contributed by atoms with E-state index in [2.05, 4.69) is 18.3 Å². The normalized spacial score (nSPS) is 24.2. The Bertz CT molecular complexity index is 642. The molecular formula is C20H27Cl2NO3. The van der Waals surface area contributed by atoms with Gasteiger partial charge in [0.25, 0.3) is 0 Å². The molecule has 0 saturated carbocycles. The fraction of sp³-hybridized carbons (Fsp3) is 0.650. The van der Waals surface area contributed by atoms with Crippen LogP contribution in [0, 0.1) is 0 Å². The molecule has 1 aromatic carbocycles. The van der Waals surface area contributed by atoms with Crippen molar-refractivity contribution in [3.05, 3.63) is 33.3 Å². The zero-order chi connectivity index (χ0) is 18.6. The van der Waals surface area contributed by atoms with Crippen LogP contribution in [0.3, 0.4) is 0 Å². The Morgan fingerprint density at radius 3 is 2.85 bits per heavy atom. The van der Waals surface area contributed by atoms with E-state index in [1.165, 1.54) is 0 Å². The van der Waals surface area contributed by atoms with Crippen LogP contribution in [0.5, 0.6) is 0 Å². The van der Waals surface area contributed by atoms with Gasteiger partial charge in [0.2, 0.25) is 0 Å². The highest BCUT2D eigenvalue weighted by atomic mass is 35.5. The lowest BCUT2D eigenvalue weighted by molar-refractivity contribution is -0.143. The van der Waals surface area contributed by atoms with E-state index in [-0.39, 0.29) is 11.6 Å². The molecule has 4 nitrogen and oxygen atoms in total. The third kappa shape index (κ3) is 4.36. The van der Waals surface area contributed by atoms with Crippen LogP contribution in [-0.4, -0.2) is 31.8 Å². The molecule has 2 fully saturated rings. The van der Waals surface area contributed by atoms with Crippen LogP contribution >= 0.6 is 23.2 Å². The number of nitrogens with one attached hydrogen (secondary N) is 1. The molecule has 2 heterocycles. The van der Waals surface area contributed by atoms with Crippen molar-refractivity contribution in [1.82, 2.24) is 5.32 Å². The minimum Gasteiger partial charge on any atom is -0.466 e. The summed E-state index contributed by atoms with van der Waals surface area (Å²) in [7, 11) is 0. The summed E-state index contributed by atoms with van der Waals surface area (Å²) in [6.45, 7) is 4.15. The van der Waals surface area contributed by atoms with Crippen molar-refractivity contribution < 1.29 is 14.3 Å². The minimum atomic E-state index is -0.284. The summed E-state index contributed by atoms with van der Waals surface area (Å²) in [4.78, 5) is 11.7. The second-order valence-corrected chi connectivity index (χ2v) is 8.04. The van der Waals surface area contributed by atoms with Gasteiger partial charge in [0.15, 0.2) is 0 Å². The molecule has 2 unspecified atom stereocenters. The fourth-order valence-corrected chi connectivity index (χ4v) is 4.30. The number of carbonyl (C=O) groups is 1. The number of morpholine rings is 1. The molecule has 2 atom stereocenters. The van der Waals surface area contributed by atoms with Crippen molar-refractivity contribution >= 4 is 29.2 Å². The molecule has 3 rings (SSSR count). The predicted octanol–water partition coefficient (Wildman–Crippen LogP) is 4.64. The molecule has 1 aromatic rings. The predicted molar refractivity (Wildman–Crippen MR) is 104 cm³/mol. The molecule has 6 heteroatoms. The largest absolute Gasteiger partial charge is 0.466 e. The summed E-state index contributed by atoms with van der Waals surface area (Å²) >= 11 is 12.8. The summed E-state index contributed by atoms with van der Waals surface area (Å²) in [5.41, 5.74) is 1.92. The number of fused-ring (bicyclic) bond motifs is 2. The van der Waals surface area contributed by atoms with Crippen LogP contribution in [0.2, 0.25) is 10.0 Å². The first-order valence-electron chi connectivity index (χ1n) is 9.56. The zero-order valence-corrected chi connectivity index (χ0v) is 16.8. The molecule has 0 spiro atoms. The van der Waals surface area contributed by atoms with Gasteiger partial charge < -0.3 is 14.8 Å². The molecule has 0 amide bonds. The van der Waals surface area contributed by atoms with Crippen molar-refractivity contribution in [3.63, 3.8) is 0 Å². The van der Waals surface area contributed by atoms with Crippen LogP contribution in [0.1, 0.15) is 56.6 Å². The van der Waals surface area contributed by atoms with Crippen molar-refractivity contribution in [2.75, 3.05) is 19.8 Å². The first-order valence-corrected chi connectivity index (χ1v) is 10.3. The van der Waals surface area contributed by atoms with E-state index in [1.54, 1.807) is 0 Å². The average molecular weight is 400 g/mol. The Hall–Kier alpha value is -0.810. The molecule has 0 radical (unpaired) electrons. The van der Waals surface area contributed by atoms with Crippen molar-refractivity contribution in [1.29, 1.82) is 0 Å². The summed E-state index contributed by atoms with van der Waals surface area (Å²) < 4.78 is 11.3. The Kier molecular flexibility index (Phi) is 6.84. The molecule has 2 saturated heterocycles. The third-order valence-corrected chi connectivity index (χ3v) is 6.16. The van der Waals surface area contributed by atoms with Gasteiger partial charge in [-0.05, 0) is 49.3 Å². The Morgan fingerprint density at radius 2 is 2.19 bits per heavy atom.